The second-order valence-corrected chi connectivity index (χ2v) is 10.4. The highest BCUT2D eigenvalue weighted by Gasteiger charge is 2.94. The van der Waals surface area contributed by atoms with Crippen LogP contribution in [-0.4, -0.2) is 74.5 Å². The first-order chi connectivity index (χ1) is 13.1. The number of aliphatic hydroxyl groups is 3. The van der Waals surface area contributed by atoms with Crippen LogP contribution in [0.25, 0.3) is 0 Å². The molecule has 0 unspecified atom stereocenters. The van der Waals surface area contributed by atoms with Gasteiger partial charge in [0.2, 0.25) is 0 Å². The number of carbonyl (C=O) groups is 1. The summed E-state index contributed by atoms with van der Waals surface area (Å²) in [4.78, 5) is 12.2. The fourth-order valence-corrected chi connectivity index (χ4v) is 8.26. The van der Waals surface area contributed by atoms with Gasteiger partial charge in [-0.15, -0.1) is 11.6 Å². The molecule has 3 N–H and O–H groups in total. The molecule has 2 saturated carbocycles. The number of aliphatic hydroxyl groups excluding tert-OH is 2. The summed E-state index contributed by atoms with van der Waals surface area (Å²) in [6.45, 7) is 5.97. The second kappa shape index (κ2) is 4.79. The summed E-state index contributed by atoms with van der Waals surface area (Å²) in [5, 5.41) is 33.5. The number of epoxide rings is 1. The molecular weight excluding hydrogens is 388 g/mol. The van der Waals surface area contributed by atoms with Crippen molar-refractivity contribution in [3.63, 3.8) is 0 Å². The first-order valence-corrected chi connectivity index (χ1v) is 10.5. The Morgan fingerprint density at radius 2 is 1.96 bits per heavy atom. The Balaban J connectivity index is 1.57. The van der Waals surface area contributed by atoms with Gasteiger partial charge in [0.25, 0.3) is 0 Å². The zero-order chi connectivity index (χ0) is 20.0. The molecule has 0 radical (unpaired) electrons. The minimum absolute atomic E-state index is 0.131. The van der Waals surface area contributed by atoms with E-state index in [0.29, 0.717) is 12.0 Å². The van der Waals surface area contributed by atoms with Crippen molar-refractivity contribution in [3.05, 3.63) is 11.1 Å². The summed E-state index contributed by atoms with van der Waals surface area (Å²) >= 11 is 6.86. The van der Waals surface area contributed by atoms with E-state index in [0.717, 1.165) is 5.57 Å². The van der Waals surface area contributed by atoms with Crippen molar-refractivity contribution in [1.29, 1.82) is 0 Å². The van der Waals surface area contributed by atoms with E-state index in [1.807, 2.05) is 20.8 Å². The number of carbonyl (C=O) groups excluding carboxylic acids is 1. The number of alkyl halides is 1. The number of hydrogen-bond acceptors (Lipinski definition) is 7. The molecule has 3 aliphatic carbocycles. The predicted octanol–water partition coefficient (Wildman–Crippen LogP) is 0.275. The van der Waals surface area contributed by atoms with Gasteiger partial charge in [0.15, 0.2) is 5.60 Å². The molecule has 3 aliphatic heterocycles. The molecular formula is C20H25ClO7. The maximum atomic E-state index is 12.2. The van der Waals surface area contributed by atoms with Crippen LogP contribution in [0, 0.1) is 17.3 Å². The van der Waals surface area contributed by atoms with Crippen LogP contribution in [0.2, 0.25) is 0 Å². The molecule has 6 aliphatic rings. The Kier molecular flexibility index (Phi) is 3.09. The molecule has 7 nitrogen and oxygen atoms in total. The maximum absolute atomic E-state index is 12.2. The zero-order valence-electron chi connectivity index (χ0n) is 16.0. The topological polar surface area (TPSA) is 109 Å². The third-order valence-electron chi connectivity index (χ3n) is 8.90. The molecule has 0 aromatic heterocycles. The standard InChI is InChI=1S/C20H25ClO7/c1-7(2)18-13(21)14-20(28-14)17(3)5-10(22)12-8(6-26-15(12)23)9(17)4-11(27-18)19(20,25)16(18)24/h7,9-11,13-14,16,22,24-25H,4-6H2,1-3H3/t9-,10-,11+,13+,14-,16+,17-,18+,19+,20+/m0/s1. The molecule has 4 fully saturated rings. The summed E-state index contributed by atoms with van der Waals surface area (Å²) in [5.41, 5.74) is -3.43. The highest BCUT2D eigenvalue weighted by molar-refractivity contribution is 6.22. The SMILES string of the molecule is CC(C)[C@@]12O[C@@H]3C[C@H]4C5=C(C(=O)OC5)[C@@H](O)C[C@]4(C)[C@@]4(O[C@H]4[C@H]1Cl)[C@]3(O)[C@@H]2O. The highest BCUT2D eigenvalue weighted by atomic mass is 35.5. The zero-order valence-corrected chi connectivity index (χ0v) is 16.8. The molecule has 154 valence electrons. The molecule has 10 atom stereocenters. The van der Waals surface area contributed by atoms with Crippen LogP contribution in [0.1, 0.15) is 33.6 Å². The normalized spacial score (nSPS) is 61.1. The molecule has 0 aromatic rings. The average molecular weight is 413 g/mol. The molecule has 1 spiro atoms. The van der Waals surface area contributed by atoms with Crippen molar-refractivity contribution in [1.82, 2.24) is 0 Å². The number of halogens is 1. The van der Waals surface area contributed by atoms with E-state index in [-0.39, 0.29) is 24.9 Å². The van der Waals surface area contributed by atoms with Crippen molar-refractivity contribution in [2.24, 2.45) is 17.3 Å². The summed E-state index contributed by atoms with van der Waals surface area (Å²) in [5.74, 6) is -0.764. The monoisotopic (exact) mass is 412 g/mol. The summed E-state index contributed by atoms with van der Waals surface area (Å²) in [6, 6.07) is 0. The van der Waals surface area contributed by atoms with Crippen LogP contribution >= 0.6 is 11.6 Å². The molecule has 2 bridgehead atoms. The smallest absolute Gasteiger partial charge is 0.337 e. The van der Waals surface area contributed by atoms with Gasteiger partial charge >= 0.3 is 5.97 Å². The number of cyclic esters (lactones) is 1. The molecule has 28 heavy (non-hydrogen) atoms. The Labute approximate surface area is 167 Å². The highest BCUT2D eigenvalue weighted by Crippen LogP contribution is 2.77. The van der Waals surface area contributed by atoms with Crippen LogP contribution in [0.15, 0.2) is 11.1 Å². The van der Waals surface area contributed by atoms with Gasteiger partial charge in [-0.25, -0.2) is 4.79 Å². The van der Waals surface area contributed by atoms with Gasteiger partial charge in [0.1, 0.15) is 30.0 Å². The van der Waals surface area contributed by atoms with E-state index in [9.17, 15) is 20.1 Å². The van der Waals surface area contributed by atoms with Gasteiger partial charge in [-0.05, 0) is 30.3 Å². The predicted molar refractivity (Wildman–Crippen MR) is 95.5 cm³/mol. The van der Waals surface area contributed by atoms with E-state index in [2.05, 4.69) is 0 Å². The first kappa shape index (κ1) is 18.1. The lowest BCUT2D eigenvalue weighted by molar-refractivity contribution is -0.210. The van der Waals surface area contributed by atoms with Gasteiger partial charge < -0.3 is 29.5 Å². The van der Waals surface area contributed by atoms with Gasteiger partial charge in [0, 0.05) is 5.41 Å². The number of ether oxygens (including phenoxy) is 3. The van der Waals surface area contributed by atoms with Crippen molar-refractivity contribution in [2.75, 3.05) is 6.61 Å². The minimum atomic E-state index is -1.61. The number of hydrogen-bond donors (Lipinski definition) is 3. The Morgan fingerprint density at radius 1 is 1.25 bits per heavy atom. The molecule has 6 rings (SSSR count). The minimum Gasteiger partial charge on any atom is -0.458 e. The number of rotatable bonds is 1. The molecule has 2 saturated heterocycles. The number of esters is 1. The average Bonchev–Trinajstić information content (AvgIpc) is 3.23. The Bertz CT molecular complexity index is 842. The maximum Gasteiger partial charge on any atom is 0.337 e. The Morgan fingerprint density at radius 3 is 2.64 bits per heavy atom. The summed E-state index contributed by atoms with van der Waals surface area (Å²) in [6.07, 6.45) is -2.69. The lowest BCUT2D eigenvalue weighted by atomic mass is 9.45. The van der Waals surface area contributed by atoms with Crippen molar-refractivity contribution in [2.45, 2.75) is 80.2 Å². The van der Waals surface area contributed by atoms with Crippen LogP contribution in [0.4, 0.5) is 0 Å². The van der Waals surface area contributed by atoms with Crippen LogP contribution in [0.3, 0.4) is 0 Å². The molecule has 3 heterocycles. The fraction of sp³-hybridized carbons (Fsp3) is 0.850. The van der Waals surface area contributed by atoms with E-state index in [1.165, 1.54) is 0 Å². The van der Waals surface area contributed by atoms with Gasteiger partial charge in [0.05, 0.1) is 23.2 Å². The molecule has 0 aromatic carbocycles. The van der Waals surface area contributed by atoms with E-state index in [1.54, 1.807) is 0 Å². The van der Waals surface area contributed by atoms with Gasteiger partial charge in [-0.3, -0.25) is 0 Å². The largest absolute Gasteiger partial charge is 0.458 e. The van der Waals surface area contributed by atoms with Gasteiger partial charge in [-0.1, -0.05) is 20.8 Å². The van der Waals surface area contributed by atoms with E-state index >= 15 is 0 Å². The number of fused-ring (bicyclic) bond motifs is 3. The van der Waals surface area contributed by atoms with Crippen LogP contribution in [-0.2, 0) is 19.0 Å². The van der Waals surface area contributed by atoms with E-state index < -0.39 is 58.0 Å². The summed E-state index contributed by atoms with van der Waals surface area (Å²) < 4.78 is 17.9. The van der Waals surface area contributed by atoms with Crippen molar-refractivity contribution >= 4 is 17.6 Å². The Hall–Kier alpha value is -0.700. The second-order valence-electron chi connectivity index (χ2n) is 9.96. The fourth-order valence-electron chi connectivity index (χ4n) is 7.61. The summed E-state index contributed by atoms with van der Waals surface area (Å²) in [7, 11) is 0. The molecule has 0 amide bonds. The van der Waals surface area contributed by atoms with E-state index in [4.69, 9.17) is 25.8 Å². The van der Waals surface area contributed by atoms with Crippen molar-refractivity contribution in [3.8, 4) is 0 Å². The molecule has 8 heteroatoms. The third-order valence-corrected chi connectivity index (χ3v) is 9.47. The van der Waals surface area contributed by atoms with Gasteiger partial charge in [-0.2, -0.15) is 0 Å². The quantitative estimate of drug-likeness (QED) is 0.322. The lowest BCUT2D eigenvalue weighted by Gasteiger charge is -2.59. The van der Waals surface area contributed by atoms with Crippen LogP contribution < -0.4 is 0 Å². The third kappa shape index (κ3) is 1.46. The van der Waals surface area contributed by atoms with Crippen LogP contribution in [0.5, 0.6) is 0 Å². The lowest BCUT2D eigenvalue weighted by Crippen LogP contribution is -2.76. The van der Waals surface area contributed by atoms with Crippen molar-refractivity contribution < 1.29 is 34.3 Å². The first-order valence-electron chi connectivity index (χ1n) is 10.1.